The van der Waals surface area contributed by atoms with Gasteiger partial charge in [-0.2, -0.15) is 13.2 Å². The zero-order valence-corrected chi connectivity index (χ0v) is 14.7. The van der Waals surface area contributed by atoms with Crippen LogP contribution < -0.4 is 10.6 Å². The van der Waals surface area contributed by atoms with Gasteiger partial charge in [0.15, 0.2) is 0 Å². The molecule has 0 bridgehead atoms. The van der Waals surface area contributed by atoms with E-state index in [1.54, 1.807) is 24.8 Å². The molecule has 3 heterocycles. The Morgan fingerprint density at radius 2 is 1.69 bits per heavy atom. The number of anilines is 2. The molecule has 4 rings (SSSR count). The summed E-state index contributed by atoms with van der Waals surface area (Å²) < 4.78 is 37.9. The average Bonchev–Trinajstić information content (AvgIpc) is 3.10. The molecule has 3 N–H and O–H groups in total. The molecule has 0 atom stereocenters. The van der Waals surface area contributed by atoms with Gasteiger partial charge in [0.1, 0.15) is 12.0 Å². The van der Waals surface area contributed by atoms with E-state index >= 15 is 0 Å². The molecule has 1 aromatic carbocycles. The Morgan fingerprint density at radius 1 is 0.966 bits per heavy atom. The lowest BCUT2D eigenvalue weighted by Gasteiger charge is -2.09. The molecule has 29 heavy (non-hydrogen) atoms. The molecule has 0 unspecified atom stereocenters. The zero-order valence-electron chi connectivity index (χ0n) is 14.7. The predicted octanol–water partition coefficient (Wildman–Crippen LogP) is 4.68. The van der Waals surface area contributed by atoms with Crippen LogP contribution in [0.5, 0.6) is 0 Å². The number of aromatic nitrogens is 4. The van der Waals surface area contributed by atoms with Crippen LogP contribution >= 0.6 is 0 Å². The number of benzene rings is 1. The average molecular weight is 398 g/mol. The summed E-state index contributed by atoms with van der Waals surface area (Å²) in [6.07, 6.45) is 3.52. The maximum Gasteiger partial charge on any atom is 0.416 e. The predicted molar refractivity (Wildman–Crippen MR) is 101 cm³/mol. The Morgan fingerprint density at radius 3 is 2.38 bits per heavy atom. The topological polar surface area (TPSA) is 95.6 Å². The molecule has 3 aromatic heterocycles. The third-order valence-corrected chi connectivity index (χ3v) is 4.14. The molecule has 0 spiro atoms. The number of aromatic amines is 1. The van der Waals surface area contributed by atoms with Crippen molar-refractivity contribution in [2.75, 3.05) is 10.6 Å². The van der Waals surface area contributed by atoms with Gasteiger partial charge < -0.3 is 15.6 Å². The van der Waals surface area contributed by atoms with Gasteiger partial charge in [0.05, 0.1) is 11.3 Å². The van der Waals surface area contributed by atoms with E-state index in [4.69, 9.17) is 0 Å². The van der Waals surface area contributed by atoms with Gasteiger partial charge in [-0.05, 0) is 30.3 Å². The molecule has 4 aromatic rings. The molecule has 0 aliphatic carbocycles. The van der Waals surface area contributed by atoms with E-state index in [2.05, 4.69) is 30.6 Å². The number of halogens is 3. The molecular weight excluding hydrogens is 385 g/mol. The van der Waals surface area contributed by atoms with Crippen LogP contribution in [0, 0.1) is 0 Å². The lowest BCUT2D eigenvalue weighted by Crippen LogP contribution is -2.19. The summed E-state index contributed by atoms with van der Waals surface area (Å²) in [5.41, 5.74) is 2.01. The fourth-order valence-corrected chi connectivity index (χ4v) is 2.74. The van der Waals surface area contributed by atoms with Crippen LogP contribution in [0.4, 0.5) is 29.3 Å². The Hall–Kier alpha value is -3.95. The number of carbonyl (C=O) groups excluding carboxylic acids is 1. The van der Waals surface area contributed by atoms with Crippen LogP contribution in [0.25, 0.3) is 22.2 Å². The summed E-state index contributed by atoms with van der Waals surface area (Å²) in [5.74, 6) is 0. The van der Waals surface area contributed by atoms with Crippen molar-refractivity contribution < 1.29 is 18.0 Å². The monoisotopic (exact) mass is 398 g/mol. The van der Waals surface area contributed by atoms with Crippen molar-refractivity contribution in [3.63, 3.8) is 0 Å². The van der Waals surface area contributed by atoms with Gasteiger partial charge in [-0.25, -0.2) is 19.7 Å². The number of pyridine rings is 1. The highest BCUT2D eigenvalue weighted by Crippen LogP contribution is 2.30. The lowest BCUT2D eigenvalue weighted by atomic mass is 10.1. The van der Waals surface area contributed by atoms with Gasteiger partial charge in [-0.3, -0.25) is 0 Å². The molecule has 0 saturated heterocycles. The number of carbonyl (C=O) groups is 1. The molecule has 146 valence electrons. The molecule has 10 heteroatoms. The number of fused-ring (bicyclic) bond motifs is 1. The third-order valence-electron chi connectivity index (χ3n) is 4.14. The quantitative estimate of drug-likeness (QED) is 0.467. The molecule has 2 amide bonds. The molecule has 0 radical (unpaired) electrons. The van der Waals surface area contributed by atoms with Gasteiger partial charge in [-0.15, -0.1) is 0 Å². The number of hydrogen-bond acceptors (Lipinski definition) is 4. The largest absolute Gasteiger partial charge is 0.416 e. The van der Waals surface area contributed by atoms with Crippen LogP contribution in [-0.4, -0.2) is 26.0 Å². The van der Waals surface area contributed by atoms with Crippen LogP contribution in [-0.2, 0) is 6.18 Å². The summed E-state index contributed by atoms with van der Waals surface area (Å²) in [4.78, 5) is 27.5. The minimum Gasteiger partial charge on any atom is -0.344 e. The van der Waals surface area contributed by atoms with Crippen molar-refractivity contribution in [2.45, 2.75) is 6.18 Å². The van der Waals surface area contributed by atoms with Gasteiger partial charge in [0.2, 0.25) is 0 Å². The van der Waals surface area contributed by atoms with Crippen LogP contribution in [0.1, 0.15) is 5.56 Å². The minimum atomic E-state index is -4.43. The zero-order chi connectivity index (χ0) is 20.4. The number of rotatable bonds is 3. The van der Waals surface area contributed by atoms with E-state index in [0.29, 0.717) is 16.7 Å². The first-order valence-corrected chi connectivity index (χ1v) is 8.38. The van der Waals surface area contributed by atoms with Crippen LogP contribution in [0.2, 0.25) is 0 Å². The highest BCUT2D eigenvalue weighted by atomic mass is 19.4. The van der Waals surface area contributed by atoms with E-state index in [-0.39, 0.29) is 5.69 Å². The Bertz CT molecular complexity index is 1160. The Kier molecular flexibility index (Phi) is 4.59. The maximum atomic E-state index is 12.6. The minimum absolute atomic E-state index is 0.232. The molecular formula is C19H13F3N6O. The van der Waals surface area contributed by atoms with E-state index in [0.717, 1.165) is 23.3 Å². The van der Waals surface area contributed by atoms with E-state index < -0.39 is 17.8 Å². The summed E-state index contributed by atoms with van der Waals surface area (Å²) in [5, 5.41) is 5.82. The Labute approximate surface area is 162 Å². The molecule has 0 fully saturated rings. The van der Waals surface area contributed by atoms with E-state index in [1.807, 2.05) is 6.07 Å². The highest BCUT2D eigenvalue weighted by Gasteiger charge is 2.30. The second-order valence-electron chi connectivity index (χ2n) is 6.10. The van der Waals surface area contributed by atoms with Crippen LogP contribution in [0.3, 0.4) is 0 Å². The van der Waals surface area contributed by atoms with Crippen molar-refractivity contribution in [1.29, 1.82) is 0 Å². The van der Waals surface area contributed by atoms with Crippen LogP contribution in [0.15, 0.2) is 61.4 Å². The van der Waals surface area contributed by atoms with Crippen molar-refractivity contribution in [2.24, 2.45) is 0 Å². The summed E-state index contributed by atoms with van der Waals surface area (Å²) in [7, 11) is 0. The number of H-pyrrole nitrogens is 1. The summed E-state index contributed by atoms with van der Waals surface area (Å²) in [6.45, 7) is 0. The maximum absolute atomic E-state index is 12.6. The number of urea groups is 1. The van der Waals surface area contributed by atoms with E-state index in [9.17, 15) is 18.0 Å². The Balaban J connectivity index is 1.52. The smallest absolute Gasteiger partial charge is 0.344 e. The SMILES string of the molecule is O=C(Nc1ccc(C(F)(F)F)cc1)Nc1c[nH]c2ncc(-c3cncnc3)cc12. The lowest BCUT2D eigenvalue weighted by molar-refractivity contribution is -0.137. The number of alkyl halides is 3. The van der Waals surface area contributed by atoms with Crippen molar-refractivity contribution >= 4 is 28.4 Å². The van der Waals surface area contributed by atoms with Gasteiger partial charge in [-0.1, -0.05) is 0 Å². The normalized spacial score (nSPS) is 11.4. The van der Waals surface area contributed by atoms with Crippen molar-refractivity contribution in [3.05, 3.63) is 67.0 Å². The first-order chi connectivity index (χ1) is 13.9. The summed E-state index contributed by atoms with van der Waals surface area (Å²) in [6, 6.07) is 5.41. The number of hydrogen-bond donors (Lipinski definition) is 3. The second-order valence-corrected chi connectivity index (χ2v) is 6.10. The van der Waals surface area contributed by atoms with Gasteiger partial charge in [0, 0.05) is 47.0 Å². The highest BCUT2D eigenvalue weighted by molar-refractivity contribution is 6.05. The van der Waals surface area contributed by atoms with E-state index in [1.165, 1.54) is 18.5 Å². The second kappa shape index (κ2) is 7.23. The van der Waals surface area contributed by atoms with Crippen molar-refractivity contribution in [3.8, 4) is 11.1 Å². The van der Waals surface area contributed by atoms with Gasteiger partial charge >= 0.3 is 12.2 Å². The molecule has 7 nitrogen and oxygen atoms in total. The standard InChI is InChI=1S/C19H13F3N6O/c20-19(21,22)13-1-3-14(4-2-13)27-18(29)28-16-9-26-17-15(16)5-11(8-25-17)12-6-23-10-24-7-12/h1-10H,(H,25,26)(H2,27,28,29). The van der Waals surface area contributed by atoms with Gasteiger partial charge in [0.25, 0.3) is 0 Å². The fourth-order valence-electron chi connectivity index (χ4n) is 2.74. The molecule has 0 saturated carbocycles. The summed E-state index contributed by atoms with van der Waals surface area (Å²) >= 11 is 0. The number of amides is 2. The third kappa shape index (κ3) is 4.00. The number of nitrogens with one attached hydrogen (secondary N) is 3. The first-order valence-electron chi connectivity index (χ1n) is 8.38. The van der Waals surface area contributed by atoms with Crippen molar-refractivity contribution in [1.82, 2.24) is 19.9 Å². The fraction of sp³-hybridized carbons (Fsp3) is 0.0526. The molecule has 0 aliphatic rings. The molecule has 0 aliphatic heterocycles. The first kappa shape index (κ1) is 18.4. The number of nitrogens with zero attached hydrogens (tertiary/aromatic N) is 3.